The van der Waals surface area contributed by atoms with Crippen LogP contribution >= 0.6 is 11.3 Å². The third-order valence-electron chi connectivity index (χ3n) is 3.10. The van der Waals surface area contributed by atoms with Crippen LogP contribution in [0.4, 0.5) is 0 Å². The Balaban J connectivity index is 1.79. The Kier molecular flexibility index (Phi) is 4.55. The van der Waals surface area contributed by atoms with Gasteiger partial charge in [0.25, 0.3) is 0 Å². The molecule has 1 amide bonds. The predicted molar refractivity (Wildman–Crippen MR) is 71.2 cm³/mol. The fraction of sp³-hybridized carbons (Fsp3) is 0.538. The van der Waals surface area contributed by atoms with Crippen LogP contribution in [0.5, 0.6) is 0 Å². The molecule has 1 aliphatic heterocycles. The van der Waals surface area contributed by atoms with Gasteiger partial charge in [0.05, 0.1) is 0 Å². The molecule has 104 valence electrons. The Labute approximate surface area is 115 Å². The van der Waals surface area contributed by atoms with Crippen LogP contribution in [0.1, 0.15) is 25.3 Å². The summed E-state index contributed by atoms with van der Waals surface area (Å²) < 4.78 is 5.21. The second-order valence-corrected chi connectivity index (χ2v) is 5.55. The number of rotatable bonds is 5. The molecule has 19 heavy (non-hydrogen) atoms. The summed E-state index contributed by atoms with van der Waals surface area (Å²) in [5.74, 6) is -1.21. The molecule has 1 fully saturated rings. The lowest BCUT2D eigenvalue weighted by Gasteiger charge is -2.16. The molecule has 0 saturated carbocycles. The standard InChI is InChI=1S/C13H17NO4S/c1-8(6-9-4-5-19-7-9)14-12(15)10-2-3-11(18-10)13(16)17/h4-5,7-8,10-11H,2-3,6H2,1H3,(H,14,15)(H,16,17). The monoisotopic (exact) mass is 283 g/mol. The van der Waals surface area contributed by atoms with E-state index in [1.165, 1.54) is 5.56 Å². The smallest absolute Gasteiger partial charge is 0.332 e. The van der Waals surface area contributed by atoms with Crippen molar-refractivity contribution in [3.05, 3.63) is 22.4 Å². The van der Waals surface area contributed by atoms with Crippen LogP contribution in [0.25, 0.3) is 0 Å². The summed E-state index contributed by atoms with van der Waals surface area (Å²) in [7, 11) is 0. The average Bonchev–Trinajstić information content (AvgIpc) is 2.98. The number of thiophene rings is 1. The van der Waals surface area contributed by atoms with Crippen molar-refractivity contribution in [3.63, 3.8) is 0 Å². The maximum Gasteiger partial charge on any atom is 0.332 e. The van der Waals surface area contributed by atoms with Crippen LogP contribution < -0.4 is 5.32 Å². The third-order valence-corrected chi connectivity index (χ3v) is 3.83. The summed E-state index contributed by atoms with van der Waals surface area (Å²) >= 11 is 1.63. The number of carbonyl (C=O) groups is 2. The van der Waals surface area contributed by atoms with E-state index >= 15 is 0 Å². The zero-order valence-corrected chi connectivity index (χ0v) is 11.5. The van der Waals surface area contributed by atoms with Gasteiger partial charge in [-0.1, -0.05) is 0 Å². The lowest BCUT2D eigenvalue weighted by Crippen LogP contribution is -2.41. The molecule has 5 nitrogen and oxygen atoms in total. The highest BCUT2D eigenvalue weighted by atomic mass is 32.1. The molecule has 1 saturated heterocycles. The summed E-state index contributed by atoms with van der Waals surface area (Å²) in [6, 6.07) is 2.04. The molecule has 0 radical (unpaired) electrons. The maximum absolute atomic E-state index is 11.9. The molecule has 3 unspecified atom stereocenters. The first-order valence-electron chi connectivity index (χ1n) is 6.26. The van der Waals surface area contributed by atoms with Crippen molar-refractivity contribution in [1.29, 1.82) is 0 Å². The minimum absolute atomic E-state index is 0.00887. The van der Waals surface area contributed by atoms with Crippen LogP contribution in [0.3, 0.4) is 0 Å². The van der Waals surface area contributed by atoms with Crippen LogP contribution in [0.2, 0.25) is 0 Å². The van der Waals surface area contributed by atoms with Crippen LogP contribution in [-0.2, 0) is 20.7 Å². The van der Waals surface area contributed by atoms with Crippen molar-refractivity contribution in [1.82, 2.24) is 5.32 Å². The number of carboxylic acid groups (broad SMARTS) is 1. The molecule has 1 aromatic rings. The largest absolute Gasteiger partial charge is 0.479 e. The average molecular weight is 283 g/mol. The Bertz CT molecular complexity index is 446. The van der Waals surface area contributed by atoms with Crippen molar-refractivity contribution < 1.29 is 19.4 Å². The number of nitrogens with one attached hydrogen (secondary N) is 1. The van der Waals surface area contributed by atoms with Gasteiger partial charge in [0.1, 0.15) is 6.10 Å². The van der Waals surface area contributed by atoms with E-state index in [1.807, 2.05) is 18.4 Å². The fourth-order valence-corrected chi connectivity index (χ4v) is 2.84. The van der Waals surface area contributed by atoms with Gasteiger partial charge in [-0.05, 0) is 48.6 Å². The first-order valence-corrected chi connectivity index (χ1v) is 7.20. The van der Waals surface area contributed by atoms with Crippen LogP contribution in [0.15, 0.2) is 16.8 Å². The lowest BCUT2D eigenvalue weighted by molar-refractivity contribution is -0.151. The van der Waals surface area contributed by atoms with E-state index < -0.39 is 18.2 Å². The van der Waals surface area contributed by atoms with Gasteiger partial charge in [-0.25, -0.2) is 4.79 Å². The first-order chi connectivity index (χ1) is 9.06. The van der Waals surface area contributed by atoms with Gasteiger partial charge < -0.3 is 15.2 Å². The zero-order chi connectivity index (χ0) is 13.8. The van der Waals surface area contributed by atoms with Gasteiger partial charge >= 0.3 is 5.97 Å². The van der Waals surface area contributed by atoms with Gasteiger partial charge in [-0.15, -0.1) is 0 Å². The summed E-state index contributed by atoms with van der Waals surface area (Å²) in [5, 5.41) is 15.7. The number of amides is 1. The number of carboxylic acids is 1. The minimum atomic E-state index is -0.998. The lowest BCUT2D eigenvalue weighted by atomic mass is 10.1. The van der Waals surface area contributed by atoms with Gasteiger partial charge in [-0.3, -0.25) is 4.79 Å². The van der Waals surface area contributed by atoms with E-state index in [2.05, 4.69) is 10.7 Å². The summed E-state index contributed by atoms with van der Waals surface area (Å²) in [6.07, 6.45) is 0.152. The Morgan fingerprint density at radius 3 is 2.84 bits per heavy atom. The fourth-order valence-electron chi connectivity index (χ4n) is 2.16. The van der Waals surface area contributed by atoms with E-state index in [0.717, 1.165) is 6.42 Å². The van der Waals surface area contributed by atoms with Gasteiger partial charge in [0, 0.05) is 6.04 Å². The maximum atomic E-state index is 11.9. The van der Waals surface area contributed by atoms with Crippen molar-refractivity contribution in [2.75, 3.05) is 0 Å². The van der Waals surface area contributed by atoms with Crippen molar-refractivity contribution in [3.8, 4) is 0 Å². The molecule has 0 spiro atoms. The minimum Gasteiger partial charge on any atom is -0.479 e. The van der Waals surface area contributed by atoms with E-state index in [-0.39, 0.29) is 11.9 Å². The number of ether oxygens (including phenoxy) is 1. The predicted octanol–water partition coefficient (Wildman–Crippen LogP) is 1.43. The summed E-state index contributed by atoms with van der Waals surface area (Å²) in [5.41, 5.74) is 1.19. The normalized spacial score (nSPS) is 24.1. The molecule has 0 aromatic carbocycles. The van der Waals surface area contributed by atoms with Crippen LogP contribution in [-0.4, -0.2) is 35.2 Å². The van der Waals surface area contributed by atoms with E-state index in [0.29, 0.717) is 12.8 Å². The molecule has 2 rings (SSSR count). The highest BCUT2D eigenvalue weighted by molar-refractivity contribution is 7.07. The number of aliphatic carboxylic acids is 1. The SMILES string of the molecule is CC(Cc1ccsc1)NC(=O)C1CCC(C(=O)O)O1. The Morgan fingerprint density at radius 1 is 1.53 bits per heavy atom. The Hall–Kier alpha value is -1.40. The van der Waals surface area contributed by atoms with Crippen molar-refractivity contribution >= 4 is 23.2 Å². The molecule has 3 atom stereocenters. The topological polar surface area (TPSA) is 75.6 Å². The molecule has 0 aliphatic carbocycles. The summed E-state index contributed by atoms with van der Waals surface area (Å²) in [4.78, 5) is 22.7. The zero-order valence-electron chi connectivity index (χ0n) is 10.7. The first kappa shape index (κ1) is 14.0. The molecular weight excluding hydrogens is 266 g/mol. The van der Waals surface area contributed by atoms with Crippen molar-refractivity contribution in [2.45, 2.75) is 44.4 Å². The second-order valence-electron chi connectivity index (χ2n) is 4.77. The molecule has 6 heteroatoms. The van der Waals surface area contributed by atoms with Gasteiger partial charge in [-0.2, -0.15) is 11.3 Å². The van der Waals surface area contributed by atoms with Crippen molar-refractivity contribution in [2.24, 2.45) is 0 Å². The molecule has 1 aromatic heterocycles. The molecule has 2 N–H and O–H groups in total. The van der Waals surface area contributed by atoms with E-state index in [4.69, 9.17) is 9.84 Å². The molecular formula is C13H17NO4S. The van der Waals surface area contributed by atoms with Gasteiger partial charge in [0.15, 0.2) is 6.10 Å². The number of hydrogen-bond donors (Lipinski definition) is 2. The molecule has 1 aliphatic rings. The highest BCUT2D eigenvalue weighted by Gasteiger charge is 2.34. The third kappa shape index (κ3) is 3.78. The van der Waals surface area contributed by atoms with E-state index in [1.54, 1.807) is 11.3 Å². The highest BCUT2D eigenvalue weighted by Crippen LogP contribution is 2.20. The molecule has 2 heterocycles. The van der Waals surface area contributed by atoms with Crippen LogP contribution in [0, 0.1) is 0 Å². The summed E-state index contributed by atoms with van der Waals surface area (Å²) in [6.45, 7) is 1.93. The second kappa shape index (κ2) is 6.16. The number of hydrogen-bond acceptors (Lipinski definition) is 4. The van der Waals surface area contributed by atoms with E-state index in [9.17, 15) is 9.59 Å². The van der Waals surface area contributed by atoms with Gasteiger partial charge in [0.2, 0.25) is 5.91 Å². The quantitative estimate of drug-likeness (QED) is 0.857. The Morgan fingerprint density at radius 2 is 2.26 bits per heavy atom. The number of carbonyl (C=O) groups excluding carboxylic acids is 1. The molecule has 0 bridgehead atoms.